The number of piperazine rings is 2. The van der Waals surface area contributed by atoms with E-state index in [-0.39, 0.29) is 10.6 Å². The highest BCUT2D eigenvalue weighted by atomic mass is 16.6. The third-order valence-corrected chi connectivity index (χ3v) is 6.41. The van der Waals surface area contributed by atoms with Gasteiger partial charge in [-0.1, -0.05) is 0 Å². The Morgan fingerprint density at radius 3 is 2.47 bits per heavy atom. The van der Waals surface area contributed by atoms with Crippen LogP contribution in [0.25, 0.3) is 22.2 Å². The predicted octanol–water partition coefficient (Wildman–Crippen LogP) is 1.56. The van der Waals surface area contributed by atoms with Crippen molar-refractivity contribution >= 4 is 22.4 Å². The molecule has 32 heavy (non-hydrogen) atoms. The van der Waals surface area contributed by atoms with Gasteiger partial charge in [0, 0.05) is 94.7 Å². The Balaban J connectivity index is 1.25. The lowest BCUT2D eigenvalue weighted by Gasteiger charge is -2.37. The van der Waals surface area contributed by atoms with Gasteiger partial charge < -0.3 is 10.2 Å². The van der Waals surface area contributed by atoms with E-state index in [9.17, 15) is 10.1 Å². The number of H-pyrrole nitrogens is 1. The van der Waals surface area contributed by atoms with E-state index in [1.165, 1.54) is 6.07 Å². The van der Waals surface area contributed by atoms with Crippen LogP contribution in [-0.4, -0.2) is 95.4 Å². The molecule has 10 heteroatoms. The quantitative estimate of drug-likeness (QED) is 0.443. The summed E-state index contributed by atoms with van der Waals surface area (Å²) in [5, 5.41) is 22.7. The van der Waals surface area contributed by atoms with Crippen LogP contribution in [-0.2, 0) is 0 Å². The van der Waals surface area contributed by atoms with Gasteiger partial charge in [0.1, 0.15) is 11.5 Å². The van der Waals surface area contributed by atoms with Crippen molar-refractivity contribution in [3.63, 3.8) is 0 Å². The number of nitrogens with one attached hydrogen (secondary N) is 2. The Bertz CT molecular complexity index is 1090. The Morgan fingerprint density at radius 1 is 0.969 bits per heavy atom. The van der Waals surface area contributed by atoms with Crippen molar-refractivity contribution in [3.8, 4) is 11.3 Å². The van der Waals surface area contributed by atoms with Crippen LogP contribution in [0.3, 0.4) is 0 Å². The van der Waals surface area contributed by atoms with Gasteiger partial charge in [0.15, 0.2) is 0 Å². The van der Waals surface area contributed by atoms with Gasteiger partial charge >= 0.3 is 0 Å². The molecule has 2 N–H and O–H groups in total. The third kappa shape index (κ3) is 4.43. The molecule has 0 spiro atoms. The number of nitro groups is 1. The second kappa shape index (κ2) is 9.19. The van der Waals surface area contributed by atoms with Crippen LogP contribution in [0, 0.1) is 10.1 Å². The highest BCUT2D eigenvalue weighted by molar-refractivity contribution is 5.94. The molecule has 0 saturated carbocycles. The van der Waals surface area contributed by atoms with Gasteiger partial charge in [0.2, 0.25) is 0 Å². The summed E-state index contributed by atoms with van der Waals surface area (Å²) in [6, 6.07) is 8.70. The van der Waals surface area contributed by atoms with Gasteiger partial charge in [-0.05, 0) is 18.2 Å². The van der Waals surface area contributed by atoms with Gasteiger partial charge in [-0.3, -0.25) is 25.0 Å². The van der Waals surface area contributed by atoms with Crippen LogP contribution >= 0.6 is 0 Å². The Morgan fingerprint density at radius 2 is 1.72 bits per heavy atom. The zero-order valence-corrected chi connectivity index (χ0v) is 18.0. The average Bonchev–Trinajstić information content (AvgIpc) is 3.27. The summed E-state index contributed by atoms with van der Waals surface area (Å²) in [4.78, 5) is 22.8. The first-order chi connectivity index (χ1) is 15.7. The maximum Gasteiger partial charge on any atom is 0.270 e. The van der Waals surface area contributed by atoms with Gasteiger partial charge in [0.05, 0.1) is 10.4 Å². The highest BCUT2D eigenvalue weighted by Gasteiger charge is 2.20. The summed E-state index contributed by atoms with van der Waals surface area (Å²) in [5.74, 6) is 0.922. The fourth-order valence-electron chi connectivity index (χ4n) is 4.49. The summed E-state index contributed by atoms with van der Waals surface area (Å²) < 4.78 is 0. The lowest BCUT2D eigenvalue weighted by molar-refractivity contribution is -0.384. The van der Waals surface area contributed by atoms with E-state index in [0.717, 1.165) is 87.7 Å². The number of nitrogens with zero attached hydrogens (tertiary/aromatic N) is 6. The van der Waals surface area contributed by atoms with E-state index < -0.39 is 0 Å². The number of rotatable bonds is 6. The predicted molar refractivity (Wildman–Crippen MR) is 124 cm³/mol. The summed E-state index contributed by atoms with van der Waals surface area (Å²) in [5.41, 5.74) is 2.46. The fraction of sp³-hybridized carbons (Fsp3) is 0.455. The third-order valence-electron chi connectivity index (χ3n) is 6.41. The SMILES string of the molecule is O=[N+]([O-])c1ccc2[nH]nc(-c3ccnc(N4CCN(CCN5CCNCC5)CC4)c3)c2c1. The second-order valence-electron chi connectivity index (χ2n) is 8.38. The average molecular weight is 437 g/mol. The normalized spacial score (nSPS) is 18.3. The van der Waals surface area contributed by atoms with E-state index in [4.69, 9.17) is 0 Å². The molecule has 2 saturated heterocycles. The molecule has 0 bridgehead atoms. The molecule has 5 rings (SSSR count). The maximum absolute atomic E-state index is 11.2. The highest BCUT2D eigenvalue weighted by Crippen LogP contribution is 2.30. The Labute approximate surface area is 186 Å². The van der Waals surface area contributed by atoms with E-state index in [1.807, 2.05) is 12.1 Å². The zero-order chi connectivity index (χ0) is 21.9. The van der Waals surface area contributed by atoms with Crippen molar-refractivity contribution < 1.29 is 4.92 Å². The summed E-state index contributed by atoms with van der Waals surface area (Å²) in [6.45, 7) is 10.6. The number of aromatic amines is 1. The largest absolute Gasteiger partial charge is 0.354 e. The summed E-state index contributed by atoms with van der Waals surface area (Å²) in [6.07, 6.45) is 1.79. The molecule has 4 heterocycles. The molecule has 0 unspecified atom stereocenters. The molecule has 10 nitrogen and oxygen atoms in total. The minimum absolute atomic E-state index is 0.0615. The standard InChI is InChI=1S/C22H28N8O2/c31-30(32)18-1-2-20-19(16-18)22(26-25-20)17-3-4-24-21(15-17)29-13-11-28(12-14-29)10-9-27-7-5-23-6-8-27/h1-4,15-16,23H,5-14H2,(H,25,26). The first-order valence-electron chi connectivity index (χ1n) is 11.2. The minimum atomic E-state index is -0.379. The van der Waals surface area contributed by atoms with Gasteiger partial charge in [0.25, 0.3) is 5.69 Å². The smallest absolute Gasteiger partial charge is 0.270 e. The first-order valence-corrected chi connectivity index (χ1v) is 11.2. The lowest BCUT2D eigenvalue weighted by atomic mass is 10.1. The van der Waals surface area contributed by atoms with Gasteiger partial charge in [-0.25, -0.2) is 4.98 Å². The van der Waals surface area contributed by atoms with Crippen LogP contribution in [0.15, 0.2) is 36.5 Å². The van der Waals surface area contributed by atoms with Crippen molar-refractivity contribution in [3.05, 3.63) is 46.6 Å². The zero-order valence-electron chi connectivity index (χ0n) is 18.0. The Hall–Kier alpha value is -3.08. The molecular weight excluding hydrogens is 408 g/mol. The number of anilines is 1. The molecule has 168 valence electrons. The molecule has 0 atom stereocenters. The maximum atomic E-state index is 11.2. The first kappa shape index (κ1) is 20.8. The molecule has 0 radical (unpaired) electrons. The molecule has 2 aliphatic heterocycles. The molecule has 2 aliphatic rings. The van der Waals surface area contributed by atoms with Crippen LogP contribution < -0.4 is 10.2 Å². The van der Waals surface area contributed by atoms with E-state index in [1.54, 1.807) is 18.3 Å². The molecule has 0 amide bonds. The van der Waals surface area contributed by atoms with Gasteiger partial charge in [-0.2, -0.15) is 5.10 Å². The van der Waals surface area contributed by atoms with Gasteiger partial charge in [-0.15, -0.1) is 0 Å². The number of hydrogen-bond acceptors (Lipinski definition) is 8. The van der Waals surface area contributed by atoms with E-state index in [0.29, 0.717) is 5.69 Å². The Kier molecular flexibility index (Phi) is 5.97. The van der Waals surface area contributed by atoms with E-state index >= 15 is 0 Å². The summed E-state index contributed by atoms with van der Waals surface area (Å²) >= 11 is 0. The number of nitro benzene ring substituents is 1. The monoisotopic (exact) mass is 436 g/mol. The molecule has 2 aromatic heterocycles. The van der Waals surface area contributed by atoms with Crippen molar-refractivity contribution in [2.45, 2.75) is 0 Å². The van der Waals surface area contributed by atoms with Crippen molar-refractivity contribution in [1.82, 2.24) is 30.3 Å². The van der Waals surface area contributed by atoms with Crippen LogP contribution in [0.1, 0.15) is 0 Å². The molecule has 0 aliphatic carbocycles. The molecule has 2 fully saturated rings. The van der Waals surface area contributed by atoms with Crippen LogP contribution in [0.5, 0.6) is 0 Å². The number of fused-ring (bicyclic) bond motifs is 1. The molecule has 3 aromatic rings. The van der Waals surface area contributed by atoms with Crippen molar-refractivity contribution in [2.75, 3.05) is 70.3 Å². The van der Waals surface area contributed by atoms with E-state index in [2.05, 4.69) is 35.2 Å². The summed E-state index contributed by atoms with van der Waals surface area (Å²) in [7, 11) is 0. The number of aromatic nitrogens is 3. The lowest BCUT2D eigenvalue weighted by Crippen LogP contribution is -2.50. The molecular formula is C22H28N8O2. The topological polar surface area (TPSA) is 106 Å². The number of benzene rings is 1. The number of hydrogen-bond donors (Lipinski definition) is 2. The van der Waals surface area contributed by atoms with Crippen LogP contribution in [0.4, 0.5) is 11.5 Å². The van der Waals surface area contributed by atoms with Crippen molar-refractivity contribution in [2.24, 2.45) is 0 Å². The number of pyridine rings is 1. The second-order valence-corrected chi connectivity index (χ2v) is 8.38. The minimum Gasteiger partial charge on any atom is -0.354 e. The number of non-ortho nitro benzene ring substituents is 1. The molecule has 1 aromatic carbocycles. The fourth-order valence-corrected chi connectivity index (χ4v) is 4.49. The van der Waals surface area contributed by atoms with Crippen molar-refractivity contribution in [1.29, 1.82) is 0 Å². The van der Waals surface area contributed by atoms with Crippen LogP contribution in [0.2, 0.25) is 0 Å².